The van der Waals surface area contributed by atoms with E-state index in [0.29, 0.717) is 20.0 Å². The summed E-state index contributed by atoms with van der Waals surface area (Å²) in [5, 5.41) is 8.60. The zero-order valence-corrected chi connectivity index (χ0v) is 9.15. The highest BCUT2D eigenvalue weighted by atomic mass is 16.7. The zero-order valence-electron chi connectivity index (χ0n) is 9.15. The van der Waals surface area contributed by atoms with Gasteiger partial charge in [-0.2, -0.15) is 0 Å². The molecule has 0 unspecified atom stereocenters. The monoisotopic (exact) mass is 224 g/mol. The molecular formula is C12H16O4. The molecule has 1 heterocycles. The number of ether oxygens (including phenoxy) is 3. The van der Waals surface area contributed by atoms with E-state index in [4.69, 9.17) is 19.3 Å². The second kappa shape index (κ2) is 5.72. The fourth-order valence-electron chi connectivity index (χ4n) is 1.54. The molecule has 0 saturated carbocycles. The number of aliphatic hydroxyl groups excluding tert-OH is 1. The summed E-state index contributed by atoms with van der Waals surface area (Å²) >= 11 is 0. The highest BCUT2D eigenvalue weighted by Crippen LogP contribution is 2.32. The van der Waals surface area contributed by atoms with Crippen molar-refractivity contribution in [2.45, 2.75) is 19.4 Å². The third kappa shape index (κ3) is 2.87. The van der Waals surface area contributed by atoms with Crippen molar-refractivity contribution in [2.75, 3.05) is 20.0 Å². The Hall–Kier alpha value is -1.26. The van der Waals surface area contributed by atoms with Gasteiger partial charge in [-0.15, -0.1) is 0 Å². The first-order valence-corrected chi connectivity index (χ1v) is 5.47. The van der Waals surface area contributed by atoms with Gasteiger partial charge in [0.2, 0.25) is 6.79 Å². The maximum atomic E-state index is 8.60. The van der Waals surface area contributed by atoms with Crippen molar-refractivity contribution in [1.82, 2.24) is 0 Å². The van der Waals surface area contributed by atoms with Crippen molar-refractivity contribution in [3.8, 4) is 11.5 Å². The fourth-order valence-corrected chi connectivity index (χ4v) is 1.54. The van der Waals surface area contributed by atoms with Crippen LogP contribution in [-0.4, -0.2) is 25.1 Å². The molecule has 1 aliphatic rings. The molecule has 1 aromatic rings. The number of hydrogen-bond acceptors (Lipinski definition) is 4. The minimum Gasteiger partial charge on any atom is -0.454 e. The summed E-state index contributed by atoms with van der Waals surface area (Å²) in [5.74, 6) is 1.58. The van der Waals surface area contributed by atoms with E-state index in [-0.39, 0.29) is 6.61 Å². The molecule has 0 atom stereocenters. The highest BCUT2D eigenvalue weighted by molar-refractivity contribution is 5.44. The largest absolute Gasteiger partial charge is 0.454 e. The molecule has 2 rings (SSSR count). The number of hydrogen-bond donors (Lipinski definition) is 1. The van der Waals surface area contributed by atoms with E-state index >= 15 is 0 Å². The molecule has 1 N–H and O–H groups in total. The third-order valence-electron chi connectivity index (χ3n) is 2.40. The van der Waals surface area contributed by atoms with Crippen LogP contribution < -0.4 is 9.47 Å². The van der Waals surface area contributed by atoms with Gasteiger partial charge in [-0.25, -0.2) is 0 Å². The molecular weight excluding hydrogens is 208 g/mol. The summed E-state index contributed by atoms with van der Waals surface area (Å²) in [4.78, 5) is 0. The lowest BCUT2D eigenvalue weighted by Crippen LogP contribution is -1.96. The van der Waals surface area contributed by atoms with Gasteiger partial charge in [0.25, 0.3) is 0 Å². The van der Waals surface area contributed by atoms with Crippen molar-refractivity contribution in [1.29, 1.82) is 0 Å². The van der Waals surface area contributed by atoms with Gasteiger partial charge in [0.05, 0.1) is 6.61 Å². The van der Waals surface area contributed by atoms with Crippen LogP contribution in [0.4, 0.5) is 0 Å². The molecule has 0 bridgehead atoms. The molecule has 0 aromatic heterocycles. The van der Waals surface area contributed by atoms with E-state index in [1.807, 2.05) is 18.2 Å². The smallest absolute Gasteiger partial charge is 0.231 e. The Morgan fingerprint density at radius 2 is 2.06 bits per heavy atom. The van der Waals surface area contributed by atoms with Crippen molar-refractivity contribution in [3.63, 3.8) is 0 Å². The maximum Gasteiger partial charge on any atom is 0.231 e. The molecule has 88 valence electrons. The molecule has 0 saturated heterocycles. The number of unbranched alkanes of at least 4 members (excludes halogenated alkanes) is 1. The van der Waals surface area contributed by atoms with E-state index in [1.54, 1.807) is 0 Å². The van der Waals surface area contributed by atoms with Crippen LogP contribution in [0.5, 0.6) is 11.5 Å². The number of aliphatic hydroxyl groups is 1. The van der Waals surface area contributed by atoms with Gasteiger partial charge in [-0.1, -0.05) is 6.07 Å². The minimum absolute atomic E-state index is 0.230. The standard InChI is InChI=1S/C12H16O4/c13-5-1-2-6-14-8-10-3-4-11-12(7-10)16-9-15-11/h3-4,7,13H,1-2,5-6,8-9H2. The zero-order chi connectivity index (χ0) is 11.2. The Balaban J connectivity index is 1.77. The summed E-state index contributed by atoms with van der Waals surface area (Å²) in [5.41, 5.74) is 1.08. The van der Waals surface area contributed by atoms with Crippen LogP contribution in [0.15, 0.2) is 18.2 Å². The predicted octanol–water partition coefficient (Wildman–Crippen LogP) is 1.70. The van der Waals surface area contributed by atoms with Gasteiger partial charge in [-0.05, 0) is 30.5 Å². The Kier molecular flexibility index (Phi) is 4.02. The van der Waals surface area contributed by atoms with Crippen LogP contribution >= 0.6 is 0 Å². The number of rotatable bonds is 6. The lowest BCUT2D eigenvalue weighted by molar-refractivity contribution is 0.112. The predicted molar refractivity (Wildman–Crippen MR) is 58.5 cm³/mol. The maximum absolute atomic E-state index is 8.60. The summed E-state index contributed by atoms with van der Waals surface area (Å²) in [6.07, 6.45) is 1.68. The second-order valence-corrected chi connectivity index (χ2v) is 3.67. The molecule has 0 amide bonds. The Bertz CT molecular complexity index is 338. The SMILES string of the molecule is OCCCCOCc1ccc2c(c1)OCO2. The Labute approximate surface area is 94.8 Å². The molecule has 4 heteroatoms. The van der Waals surface area contributed by atoms with Crippen LogP contribution in [0.2, 0.25) is 0 Å². The second-order valence-electron chi connectivity index (χ2n) is 3.67. The van der Waals surface area contributed by atoms with E-state index in [0.717, 1.165) is 29.9 Å². The fraction of sp³-hybridized carbons (Fsp3) is 0.500. The van der Waals surface area contributed by atoms with Gasteiger partial charge in [0.15, 0.2) is 11.5 Å². The highest BCUT2D eigenvalue weighted by Gasteiger charge is 2.12. The minimum atomic E-state index is 0.230. The van der Waals surface area contributed by atoms with Crippen molar-refractivity contribution < 1.29 is 19.3 Å². The van der Waals surface area contributed by atoms with Crippen LogP contribution in [0.3, 0.4) is 0 Å². The van der Waals surface area contributed by atoms with Crippen LogP contribution in [-0.2, 0) is 11.3 Å². The average Bonchev–Trinajstić information content (AvgIpc) is 2.76. The molecule has 16 heavy (non-hydrogen) atoms. The summed E-state index contributed by atoms with van der Waals surface area (Å²) in [7, 11) is 0. The lowest BCUT2D eigenvalue weighted by atomic mass is 10.2. The van der Waals surface area contributed by atoms with Crippen molar-refractivity contribution >= 4 is 0 Å². The van der Waals surface area contributed by atoms with E-state index in [2.05, 4.69) is 0 Å². The van der Waals surface area contributed by atoms with Gasteiger partial charge < -0.3 is 19.3 Å². The van der Waals surface area contributed by atoms with E-state index < -0.39 is 0 Å². The van der Waals surface area contributed by atoms with Crippen molar-refractivity contribution in [2.24, 2.45) is 0 Å². The van der Waals surface area contributed by atoms with Crippen LogP contribution in [0, 0.1) is 0 Å². The topological polar surface area (TPSA) is 47.9 Å². The summed E-state index contributed by atoms with van der Waals surface area (Å²) in [6, 6.07) is 5.81. The number of fused-ring (bicyclic) bond motifs is 1. The number of benzene rings is 1. The first kappa shape index (κ1) is 11.2. The Morgan fingerprint density at radius 1 is 1.19 bits per heavy atom. The average molecular weight is 224 g/mol. The molecule has 1 aliphatic heterocycles. The normalized spacial score (nSPS) is 13.1. The first-order chi connectivity index (χ1) is 7.90. The van der Waals surface area contributed by atoms with Gasteiger partial charge >= 0.3 is 0 Å². The molecule has 0 aliphatic carbocycles. The van der Waals surface area contributed by atoms with Gasteiger partial charge in [-0.3, -0.25) is 0 Å². The van der Waals surface area contributed by atoms with Crippen molar-refractivity contribution in [3.05, 3.63) is 23.8 Å². The van der Waals surface area contributed by atoms with Gasteiger partial charge in [0, 0.05) is 13.2 Å². The van der Waals surface area contributed by atoms with Crippen LogP contribution in [0.1, 0.15) is 18.4 Å². The van der Waals surface area contributed by atoms with E-state index in [9.17, 15) is 0 Å². The molecule has 0 fully saturated rings. The lowest BCUT2D eigenvalue weighted by Gasteiger charge is -2.04. The molecule has 4 nitrogen and oxygen atoms in total. The molecule has 0 radical (unpaired) electrons. The third-order valence-corrected chi connectivity index (χ3v) is 2.40. The Morgan fingerprint density at radius 3 is 2.94 bits per heavy atom. The first-order valence-electron chi connectivity index (χ1n) is 5.47. The van der Waals surface area contributed by atoms with Crippen LogP contribution in [0.25, 0.3) is 0 Å². The van der Waals surface area contributed by atoms with Gasteiger partial charge in [0.1, 0.15) is 0 Å². The quantitative estimate of drug-likeness (QED) is 0.747. The summed E-state index contributed by atoms with van der Waals surface area (Å²) in [6.45, 7) is 1.78. The van der Waals surface area contributed by atoms with E-state index in [1.165, 1.54) is 0 Å². The summed E-state index contributed by atoms with van der Waals surface area (Å²) < 4.78 is 16.0. The molecule has 0 spiro atoms. The molecule has 1 aromatic carbocycles.